The van der Waals surface area contributed by atoms with E-state index in [-0.39, 0.29) is 12.5 Å². The van der Waals surface area contributed by atoms with E-state index >= 15 is 0 Å². The number of hydrogen-bond donors (Lipinski definition) is 1. The average molecular weight is 522 g/mol. The fourth-order valence-electron chi connectivity index (χ4n) is 4.49. The minimum absolute atomic E-state index is 0.299. The van der Waals surface area contributed by atoms with Gasteiger partial charge in [-0.05, 0) is 66.3 Å². The van der Waals surface area contributed by atoms with Crippen LogP contribution in [0.5, 0.6) is 5.75 Å². The van der Waals surface area contributed by atoms with Crippen molar-refractivity contribution in [1.29, 1.82) is 0 Å². The maximum absolute atomic E-state index is 12.7. The summed E-state index contributed by atoms with van der Waals surface area (Å²) in [7, 11) is -3.66. The molecule has 0 radical (unpaired) electrons. The van der Waals surface area contributed by atoms with E-state index in [4.69, 9.17) is 4.74 Å². The van der Waals surface area contributed by atoms with Crippen LogP contribution in [0, 0.1) is 5.92 Å². The molecule has 0 spiro atoms. The van der Waals surface area contributed by atoms with E-state index in [0.29, 0.717) is 30.5 Å². The van der Waals surface area contributed by atoms with Crippen LogP contribution in [-0.4, -0.2) is 40.2 Å². The first-order chi connectivity index (χ1) is 17.8. The number of amides is 1. The molecular weight excluding hydrogens is 486 g/mol. The molecular formula is C29H35N3O4S. The van der Waals surface area contributed by atoms with E-state index < -0.39 is 10.0 Å². The Balaban J connectivity index is 1.32. The normalized spacial score (nSPS) is 15.7. The van der Waals surface area contributed by atoms with Crippen molar-refractivity contribution in [3.63, 3.8) is 0 Å². The second kappa shape index (κ2) is 12.1. The molecule has 196 valence electrons. The van der Waals surface area contributed by atoms with Crippen LogP contribution in [-0.2, 0) is 28.0 Å². The van der Waals surface area contributed by atoms with Gasteiger partial charge < -0.3 is 15.0 Å². The van der Waals surface area contributed by atoms with E-state index in [2.05, 4.69) is 29.3 Å². The summed E-state index contributed by atoms with van der Waals surface area (Å²) in [5.74, 6) is 0.945. The number of rotatable bonds is 10. The number of benzene rings is 3. The summed E-state index contributed by atoms with van der Waals surface area (Å²) in [4.78, 5) is 15.1. The molecule has 37 heavy (non-hydrogen) atoms. The molecule has 7 nitrogen and oxygen atoms in total. The van der Waals surface area contributed by atoms with Gasteiger partial charge in [-0.1, -0.05) is 49.4 Å². The highest BCUT2D eigenvalue weighted by molar-refractivity contribution is 7.92. The van der Waals surface area contributed by atoms with Crippen LogP contribution < -0.4 is 19.3 Å². The number of anilines is 2. The van der Waals surface area contributed by atoms with Gasteiger partial charge in [0.25, 0.3) is 0 Å². The Bertz CT molecular complexity index is 1260. The molecule has 1 saturated heterocycles. The molecule has 0 aliphatic carbocycles. The van der Waals surface area contributed by atoms with Crippen molar-refractivity contribution in [2.24, 2.45) is 5.92 Å². The van der Waals surface area contributed by atoms with Gasteiger partial charge in [0.15, 0.2) is 0 Å². The van der Waals surface area contributed by atoms with E-state index in [1.165, 1.54) is 18.5 Å². The van der Waals surface area contributed by atoms with Gasteiger partial charge in [-0.2, -0.15) is 0 Å². The third kappa shape index (κ3) is 7.73. The van der Waals surface area contributed by atoms with Crippen molar-refractivity contribution in [3.8, 4) is 5.75 Å². The van der Waals surface area contributed by atoms with Gasteiger partial charge in [0.2, 0.25) is 15.9 Å². The molecule has 1 N–H and O–H groups in total. The van der Waals surface area contributed by atoms with Crippen LogP contribution in [0.15, 0.2) is 78.9 Å². The lowest BCUT2D eigenvalue weighted by Crippen LogP contribution is -2.40. The molecule has 0 saturated carbocycles. The molecule has 1 unspecified atom stereocenters. The fraction of sp³-hybridized carbons (Fsp3) is 0.345. The predicted molar refractivity (Wildman–Crippen MR) is 148 cm³/mol. The van der Waals surface area contributed by atoms with Crippen molar-refractivity contribution < 1.29 is 17.9 Å². The van der Waals surface area contributed by atoms with Crippen LogP contribution in [0.3, 0.4) is 0 Å². The molecule has 1 atom stereocenters. The first-order valence-electron chi connectivity index (χ1n) is 12.6. The fourth-order valence-corrected chi connectivity index (χ4v) is 5.34. The van der Waals surface area contributed by atoms with E-state index in [1.54, 1.807) is 24.3 Å². The van der Waals surface area contributed by atoms with Crippen LogP contribution in [0.1, 0.15) is 30.9 Å². The van der Waals surface area contributed by atoms with Gasteiger partial charge >= 0.3 is 0 Å². The standard InChI is InChI=1S/C29H35N3O4S/c1-23-7-6-18-31(20-23)26-12-10-24(11-13-26)19-30-29(33)21-32(37(2,34)35)27-14-16-28(17-15-27)36-22-25-8-4-3-5-9-25/h3-5,8-17,23H,6-7,18-22H2,1-2H3,(H,30,33). The molecule has 3 aromatic rings. The quantitative estimate of drug-likeness (QED) is 0.422. The Kier molecular flexibility index (Phi) is 8.71. The highest BCUT2D eigenvalue weighted by Crippen LogP contribution is 2.24. The number of carbonyl (C=O) groups is 1. The Morgan fingerprint density at radius 2 is 1.70 bits per heavy atom. The van der Waals surface area contributed by atoms with E-state index in [1.807, 2.05) is 42.5 Å². The summed E-state index contributed by atoms with van der Waals surface area (Å²) in [6.07, 6.45) is 3.58. The minimum atomic E-state index is -3.66. The summed E-state index contributed by atoms with van der Waals surface area (Å²) >= 11 is 0. The third-order valence-corrected chi connectivity index (χ3v) is 7.65. The van der Waals surface area contributed by atoms with Crippen LogP contribution in [0.25, 0.3) is 0 Å². The lowest BCUT2D eigenvalue weighted by atomic mass is 9.99. The second-order valence-electron chi connectivity index (χ2n) is 9.67. The smallest absolute Gasteiger partial charge is 0.241 e. The van der Waals surface area contributed by atoms with Gasteiger partial charge in [-0.15, -0.1) is 0 Å². The molecule has 0 aromatic heterocycles. The number of ether oxygens (including phenoxy) is 1. The highest BCUT2D eigenvalue weighted by atomic mass is 32.2. The maximum atomic E-state index is 12.7. The number of sulfonamides is 1. The number of carbonyl (C=O) groups excluding carboxylic acids is 1. The average Bonchev–Trinajstić information content (AvgIpc) is 2.90. The molecule has 1 aliphatic rings. The molecule has 1 heterocycles. The molecule has 1 fully saturated rings. The van der Waals surface area contributed by atoms with Crippen LogP contribution in [0.4, 0.5) is 11.4 Å². The van der Waals surface area contributed by atoms with Crippen LogP contribution in [0.2, 0.25) is 0 Å². The minimum Gasteiger partial charge on any atom is -0.489 e. The lowest BCUT2D eigenvalue weighted by molar-refractivity contribution is -0.119. The van der Waals surface area contributed by atoms with Gasteiger partial charge in [0.1, 0.15) is 18.9 Å². The van der Waals surface area contributed by atoms with Crippen molar-refractivity contribution in [1.82, 2.24) is 5.32 Å². The summed E-state index contributed by atoms with van der Waals surface area (Å²) in [5.41, 5.74) is 3.61. The van der Waals surface area contributed by atoms with Crippen molar-refractivity contribution in [2.75, 3.05) is 35.1 Å². The van der Waals surface area contributed by atoms with Gasteiger partial charge in [0.05, 0.1) is 11.9 Å². The zero-order valence-electron chi connectivity index (χ0n) is 21.5. The molecule has 8 heteroatoms. The summed E-state index contributed by atoms with van der Waals surface area (Å²) in [6, 6.07) is 24.7. The van der Waals surface area contributed by atoms with Crippen molar-refractivity contribution in [2.45, 2.75) is 32.9 Å². The van der Waals surface area contributed by atoms with Crippen molar-refractivity contribution >= 4 is 27.3 Å². The highest BCUT2D eigenvalue weighted by Gasteiger charge is 2.21. The molecule has 0 bridgehead atoms. The number of nitrogens with zero attached hydrogens (tertiary/aromatic N) is 2. The maximum Gasteiger partial charge on any atom is 0.241 e. The molecule has 3 aromatic carbocycles. The monoisotopic (exact) mass is 521 g/mol. The SMILES string of the molecule is CC1CCCN(c2ccc(CNC(=O)CN(c3ccc(OCc4ccccc4)cc3)S(C)(=O)=O)cc2)C1. The first kappa shape index (κ1) is 26.5. The topological polar surface area (TPSA) is 79.0 Å². The van der Waals surface area contributed by atoms with Gasteiger partial charge in [-0.25, -0.2) is 8.42 Å². The molecule has 4 rings (SSSR count). The summed E-state index contributed by atoms with van der Waals surface area (Å²) < 4.78 is 31.8. The zero-order valence-corrected chi connectivity index (χ0v) is 22.3. The van der Waals surface area contributed by atoms with Crippen molar-refractivity contribution in [3.05, 3.63) is 90.0 Å². The Morgan fingerprint density at radius 1 is 1.00 bits per heavy atom. The lowest BCUT2D eigenvalue weighted by Gasteiger charge is -2.32. The van der Waals surface area contributed by atoms with E-state index in [9.17, 15) is 13.2 Å². The zero-order chi connectivity index (χ0) is 26.3. The Labute approximate surface area is 220 Å². The number of hydrogen-bond acceptors (Lipinski definition) is 5. The number of nitrogens with one attached hydrogen (secondary N) is 1. The molecule has 1 aliphatic heterocycles. The Morgan fingerprint density at radius 3 is 2.35 bits per heavy atom. The van der Waals surface area contributed by atoms with E-state index in [0.717, 1.165) is 34.8 Å². The predicted octanol–water partition coefficient (Wildman–Crippen LogP) is 4.58. The second-order valence-corrected chi connectivity index (χ2v) is 11.6. The largest absolute Gasteiger partial charge is 0.489 e. The number of piperidine rings is 1. The third-order valence-electron chi connectivity index (χ3n) is 6.51. The first-order valence-corrected chi connectivity index (χ1v) is 14.5. The van der Waals surface area contributed by atoms with Crippen LogP contribution >= 0.6 is 0 Å². The van der Waals surface area contributed by atoms with Gasteiger partial charge in [-0.3, -0.25) is 9.10 Å². The van der Waals surface area contributed by atoms with Gasteiger partial charge in [0, 0.05) is 25.3 Å². The summed E-state index contributed by atoms with van der Waals surface area (Å²) in [6.45, 7) is 4.87. The molecule has 1 amide bonds. The Hall–Kier alpha value is -3.52. The summed E-state index contributed by atoms with van der Waals surface area (Å²) in [5, 5.41) is 2.84.